The summed E-state index contributed by atoms with van der Waals surface area (Å²) >= 11 is 0. The number of carbonyl (C=O) groups excluding carboxylic acids is 1. The lowest BCUT2D eigenvalue weighted by Crippen LogP contribution is -2.50. The third kappa shape index (κ3) is 4.85. The van der Waals surface area contributed by atoms with E-state index in [4.69, 9.17) is 25.2 Å². The number of benzene rings is 1. The van der Waals surface area contributed by atoms with Crippen LogP contribution in [0, 0.1) is 12.8 Å². The van der Waals surface area contributed by atoms with Gasteiger partial charge in [-0.15, -0.1) is 0 Å². The molecule has 1 amide bonds. The molecule has 11 heteroatoms. The van der Waals surface area contributed by atoms with Gasteiger partial charge in [-0.25, -0.2) is 19.3 Å². The van der Waals surface area contributed by atoms with Gasteiger partial charge in [0, 0.05) is 54.5 Å². The van der Waals surface area contributed by atoms with Gasteiger partial charge in [0.1, 0.15) is 23.1 Å². The number of halogens is 1. The van der Waals surface area contributed by atoms with Gasteiger partial charge in [-0.1, -0.05) is 0 Å². The van der Waals surface area contributed by atoms with Crippen molar-refractivity contribution in [3.05, 3.63) is 53.7 Å². The summed E-state index contributed by atoms with van der Waals surface area (Å²) < 4.78 is 29.8. The Morgan fingerprint density at radius 3 is 2.64 bits per heavy atom. The molecule has 228 valence electrons. The van der Waals surface area contributed by atoms with E-state index in [0.29, 0.717) is 35.2 Å². The number of methoxy groups -OCH3 is 2. The predicted molar refractivity (Wildman–Crippen MR) is 167 cm³/mol. The zero-order valence-corrected chi connectivity index (χ0v) is 25.4. The van der Waals surface area contributed by atoms with E-state index in [2.05, 4.69) is 21.7 Å². The average molecular weight is 598 g/mol. The molecule has 7 rings (SSSR count). The van der Waals surface area contributed by atoms with Crippen molar-refractivity contribution in [1.29, 1.82) is 0 Å². The number of alkyl halides is 1. The van der Waals surface area contributed by atoms with Crippen LogP contribution >= 0.6 is 0 Å². The van der Waals surface area contributed by atoms with Gasteiger partial charge in [0.15, 0.2) is 5.82 Å². The van der Waals surface area contributed by atoms with Crippen molar-refractivity contribution in [3.63, 3.8) is 0 Å². The second-order valence-electron chi connectivity index (χ2n) is 12.0. The molecule has 0 bridgehead atoms. The van der Waals surface area contributed by atoms with Crippen molar-refractivity contribution in [2.75, 3.05) is 27.3 Å². The largest absolute Gasteiger partial charge is 0.494 e. The van der Waals surface area contributed by atoms with E-state index in [1.165, 1.54) is 17.7 Å². The molecule has 5 heterocycles. The number of fused-ring (bicyclic) bond motifs is 2. The van der Waals surface area contributed by atoms with E-state index in [1.54, 1.807) is 32.5 Å². The van der Waals surface area contributed by atoms with Crippen molar-refractivity contribution in [1.82, 2.24) is 29.0 Å². The molecule has 0 spiro atoms. The van der Waals surface area contributed by atoms with Gasteiger partial charge < -0.3 is 29.2 Å². The minimum Gasteiger partial charge on any atom is -0.494 e. The summed E-state index contributed by atoms with van der Waals surface area (Å²) in [5.41, 5.74) is 12.4. The Morgan fingerprint density at radius 1 is 1.09 bits per heavy atom. The molecule has 1 aromatic carbocycles. The Morgan fingerprint density at radius 2 is 1.91 bits per heavy atom. The topological polar surface area (TPSA) is 113 Å². The smallest absolute Gasteiger partial charge is 0.254 e. The van der Waals surface area contributed by atoms with Crippen LogP contribution in [0.2, 0.25) is 0 Å². The van der Waals surface area contributed by atoms with Gasteiger partial charge in [-0.3, -0.25) is 4.79 Å². The summed E-state index contributed by atoms with van der Waals surface area (Å²) in [5.74, 6) is 2.16. The zero-order valence-electron chi connectivity index (χ0n) is 25.4. The zero-order chi connectivity index (χ0) is 30.7. The second-order valence-corrected chi connectivity index (χ2v) is 12.0. The lowest BCUT2D eigenvalue weighted by Gasteiger charge is -2.33. The molecule has 5 aromatic rings. The van der Waals surface area contributed by atoms with E-state index in [0.717, 1.165) is 51.4 Å². The number of amides is 1. The van der Waals surface area contributed by atoms with Gasteiger partial charge in [0.05, 0.1) is 37.7 Å². The summed E-state index contributed by atoms with van der Waals surface area (Å²) in [5, 5.41) is 1.01. The van der Waals surface area contributed by atoms with Gasteiger partial charge in [0.25, 0.3) is 5.91 Å². The van der Waals surface area contributed by atoms with Crippen molar-refractivity contribution in [2.45, 2.75) is 44.9 Å². The fourth-order valence-electron chi connectivity index (χ4n) is 6.45. The van der Waals surface area contributed by atoms with E-state index >= 15 is 0 Å². The van der Waals surface area contributed by atoms with E-state index in [9.17, 15) is 9.18 Å². The quantitative estimate of drug-likeness (QED) is 0.284. The van der Waals surface area contributed by atoms with Crippen molar-refractivity contribution in [3.8, 4) is 34.4 Å². The Kier molecular flexibility index (Phi) is 7.00. The van der Waals surface area contributed by atoms with E-state index in [1.807, 2.05) is 30.7 Å². The third-order valence-electron chi connectivity index (χ3n) is 8.86. The standard InChI is InChI=1S/C33H36FN7O3/c1-18-24(9-10-36-32(18)44-4)25-8-7-20-12-27(41(30(20)37-25)15-19-5-6-19)31-38-26-11-21(13-28(43-3)29(26)39(31)2)33(42)40-16-22(34)14-23(35)17-40/h7-13,19,22-23H,5-6,14-17,35H2,1-4H3/t22-,23-/m1/s1. The number of likely N-dealkylation sites (tertiary alicyclic amines) is 1. The molecule has 2 atom stereocenters. The summed E-state index contributed by atoms with van der Waals surface area (Å²) in [4.78, 5) is 29.5. The third-order valence-corrected chi connectivity index (χ3v) is 8.86. The molecular weight excluding hydrogens is 561 g/mol. The maximum atomic E-state index is 14.3. The molecule has 1 aliphatic carbocycles. The first kappa shape index (κ1) is 28.3. The first-order valence-electron chi connectivity index (χ1n) is 15.0. The van der Waals surface area contributed by atoms with Crippen LogP contribution in [0.5, 0.6) is 11.6 Å². The number of hydrogen-bond acceptors (Lipinski definition) is 7. The fourth-order valence-corrected chi connectivity index (χ4v) is 6.45. The van der Waals surface area contributed by atoms with Gasteiger partial charge in [-0.2, -0.15) is 0 Å². The lowest BCUT2D eigenvalue weighted by atomic mass is 10.0. The second kappa shape index (κ2) is 10.9. The normalized spacial score (nSPS) is 18.7. The highest BCUT2D eigenvalue weighted by Gasteiger charge is 2.30. The monoisotopic (exact) mass is 597 g/mol. The van der Waals surface area contributed by atoms with Crippen LogP contribution in [0.3, 0.4) is 0 Å². The summed E-state index contributed by atoms with van der Waals surface area (Å²) in [6.07, 6.45) is 3.23. The number of rotatable bonds is 7. The maximum absolute atomic E-state index is 14.3. The molecular formula is C33H36FN7O3. The molecule has 44 heavy (non-hydrogen) atoms. The summed E-state index contributed by atoms with van der Waals surface area (Å²) in [6, 6.07) is 11.3. The highest BCUT2D eigenvalue weighted by molar-refractivity contribution is 6.00. The van der Waals surface area contributed by atoms with Crippen LogP contribution in [0.1, 0.15) is 35.2 Å². The molecule has 10 nitrogen and oxygen atoms in total. The maximum Gasteiger partial charge on any atom is 0.254 e. The highest BCUT2D eigenvalue weighted by Crippen LogP contribution is 2.38. The van der Waals surface area contributed by atoms with Crippen LogP contribution in [0.25, 0.3) is 44.8 Å². The first-order valence-corrected chi connectivity index (χ1v) is 15.0. The van der Waals surface area contributed by atoms with Crippen molar-refractivity contribution in [2.24, 2.45) is 18.7 Å². The number of imidazole rings is 1. The fraction of sp³-hybridized carbons (Fsp3) is 0.394. The predicted octanol–water partition coefficient (Wildman–Crippen LogP) is 4.90. The molecule has 2 N–H and O–H groups in total. The lowest BCUT2D eigenvalue weighted by molar-refractivity contribution is 0.0606. The molecule has 2 aliphatic rings. The highest BCUT2D eigenvalue weighted by atomic mass is 19.1. The van der Waals surface area contributed by atoms with Crippen LogP contribution in [0.4, 0.5) is 4.39 Å². The Hall–Kier alpha value is -4.51. The van der Waals surface area contributed by atoms with Crippen LogP contribution in [-0.2, 0) is 13.6 Å². The number of nitrogens with two attached hydrogens (primary N) is 1. The van der Waals surface area contributed by atoms with Gasteiger partial charge in [-0.05, 0) is 68.5 Å². The van der Waals surface area contributed by atoms with E-state index < -0.39 is 6.17 Å². The molecule has 0 radical (unpaired) electrons. The van der Waals surface area contributed by atoms with Crippen molar-refractivity contribution >= 4 is 28.0 Å². The molecule has 1 aliphatic heterocycles. The molecule has 2 fully saturated rings. The first-order chi connectivity index (χ1) is 21.2. The van der Waals surface area contributed by atoms with Crippen LogP contribution in [-0.4, -0.2) is 74.4 Å². The minimum atomic E-state index is -1.14. The average Bonchev–Trinajstić information content (AvgIpc) is 3.69. The van der Waals surface area contributed by atoms with Gasteiger partial charge >= 0.3 is 0 Å². The number of carbonyl (C=O) groups is 1. The van der Waals surface area contributed by atoms with E-state index in [-0.39, 0.29) is 24.9 Å². The number of nitrogens with zero attached hydrogens (tertiary/aromatic N) is 6. The number of aromatic nitrogens is 5. The number of hydrogen-bond donors (Lipinski definition) is 1. The molecule has 4 aromatic heterocycles. The number of pyridine rings is 2. The molecule has 0 unspecified atom stereocenters. The number of ether oxygens (including phenoxy) is 2. The van der Waals surface area contributed by atoms with Crippen LogP contribution in [0.15, 0.2) is 42.6 Å². The number of aryl methyl sites for hydroxylation is 1. The Balaban J connectivity index is 1.35. The van der Waals surface area contributed by atoms with Crippen molar-refractivity contribution < 1.29 is 18.7 Å². The Bertz CT molecular complexity index is 1900. The molecule has 1 saturated heterocycles. The van der Waals surface area contributed by atoms with Crippen LogP contribution < -0.4 is 15.2 Å². The summed E-state index contributed by atoms with van der Waals surface area (Å²) in [7, 11) is 5.16. The minimum absolute atomic E-state index is 0.0302. The molecule has 1 saturated carbocycles. The summed E-state index contributed by atoms with van der Waals surface area (Å²) in [6.45, 7) is 3.16. The van der Waals surface area contributed by atoms with Gasteiger partial charge in [0.2, 0.25) is 5.88 Å². The Labute approximate surface area is 254 Å². The SMILES string of the molecule is COc1nccc(-c2ccc3cc(-c4nc5cc(C(=O)N6C[C@H](N)C[C@@H](F)C6)cc(OC)c5n4C)n(CC4CC4)c3n2)c1C. The number of piperidine rings is 1.